The van der Waals surface area contributed by atoms with Crippen molar-refractivity contribution in [3.05, 3.63) is 81.8 Å². The molecule has 0 aliphatic heterocycles. The summed E-state index contributed by atoms with van der Waals surface area (Å²) in [6.07, 6.45) is -0.538. The van der Waals surface area contributed by atoms with Crippen LogP contribution in [0.3, 0.4) is 0 Å². The highest BCUT2D eigenvalue weighted by Crippen LogP contribution is 2.19. The van der Waals surface area contributed by atoms with Crippen molar-refractivity contribution >= 4 is 11.3 Å². The maximum Gasteiger partial charge on any atom is 0.119 e. The predicted octanol–water partition coefficient (Wildman–Crippen LogP) is 4.43. The zero-order valence-electron chi connectivity index (χ0n) is 18.6. The van der Waals surface area contributed by atoms with Crippen LogP contribution in [-0.2, 0) is 19.6 Å². The van der Waals surface area contributed by atoms with Gasteiger partial charge in [-0.05, 0) is 30.3 Å². The highest BCUT2D eigenvalue weighted by molar-refractivity contribution is 7.09. The van der Waals surface area contributed by atoms with Crippen LogP contribution in [0.15, 0.2) is 60.0 Å². The summed E-state index contributed by atoms with van der Waals surface area (Å²) >= 11 is 1.73. The van der Waals surface area contributed by atoms with E-state index in [9.17, 15) is 5.11 Å². The van der Waals surface area contributed by atoms with Crippen molar-refractivity contribution in [1.29, 1.82) is 0 Å². The molecule has 2 aromatic carbocycles. The summed E-state index contributed by atoms with van der Waals surface area (Å²) in [7, 11) is 2.01. The van der Waals surface area contributed by atoms with Crippen LogP contribution in [0.4, 0.5) is 0 Å². The summed E-state index contributed by atoms with van der Waals surface area (Å²) in [4.78, 5) is 6.75. The molecule has 0 aliphatic rings. The van der Waals surface area contributed by atoms with Crippen molar-refractivity contribution in [2.75, 3.05) is 20.2 Å². The Morgan fingerprint density at radius 1 is 1.03 bits per heavy atom. The molecule has 1 atom stereocenters. The molecule has 3 aromatic rings. The topological polar surface area (TPSA) is 57.6 Å². The van der Waals surface area contributed by atoms with E-state index in [2.05, 4.69) is 58.7 Å². The van der Waals surface area contributed by atoms with Crippen molar-refractivity contribution in [3.8, 4) is 5.75 Å². The zero-order valence-corrected chi connectivity index (χ0v) is 19.4. The molecule has 0 bridgehead atoms. The number of benzene rings is 2. The van der Waals surface area contributed by atoms with E-state index in [1.807, 2.05) is 37.4 Å². The molecule has 6 heteroatoms. The van der Waals surface area contributed by atoms with Crippen LogP contribution in [0.2, 0.25) is 0 Å². The Hall–Kier alpha value is -2.25. The molecule has 3 rings (SSSR count). The fraction of sp³-hybridized carbons (Fsp3) is 0.400. The van der Waals surface area contributed by atoms with Gasteiger partial charge >= 0.3 is 0 Å². The van der Waals surface area contributed by atoms with Gasteiger partial charge in [0.1, 0.15) is 18.5 Å². The van der Waals surface area contributed by atoms with Gasteiger partial charge in [-0.2, -0.15) is 0 Å². The van der Waals surface area contributed by atoms with E-state index in [0.29, 0.717) is 12.5 Å². The summed E-state index contributed by atoms with van der Waals surface area (Å²) in [5.41, 5.74) is 3.52. The van der Waals surface area contributed by atoms with Gasteiger partial charge in [0.15, 0.2) is 0 Å². The fourth-order valence-corrected chi connectivity index (χ4v) is 4.11. The third-order valence-electron chi connectivity index (χ3n) is 4.88. The highest BCUT2D eigenvalue weighted by atomic mass is 32.1. The molecular formula is C25H33N3O2S. The van der Waals surface area contributed by atoms with Crippen molar-refractivity contribution < 1.29 is 9.84 Å². The lowest BCUT2D eigenvalue weighted by molar-refractivity contribution is 0.0744. The molecule has 0 saturated carbocycles. The lowest BCUT2D eigenvalue weighted by Gasteiger charge is -2.21. The smallest absolute Gasteiger partial charge is 0.119 e. The highest BCUT2D eigenvalue weighted by Gasteiger charge is 2.10. The van der Waals surface area contributed by atoms with E-state index >= 15 is 0 Å². The van der Waals surface area contributed by atoms with Gasteiger partial charge in [-0.1, -0.05) is 56.3 Å². The number of nitrogens with one attached hydrogen (secondary N) is 1. The van der Waals surface area contributed by atoms with Gasteiger partial charge < -0.3 is 15.2 Å². The number of hydrogen-bond acceptors (Lipinski definition) is 6. The second-order valence-corrected chi connectivity index (χ2v) is 9.12. The van der Waals surface area contributed by atoms with E-state index in [1.165, 1.54) is 16.1 Å². The number of thiazole rings is 1. The molecular weight excluding hydrogens is 406 g/mol. The first-order valence-corrected chi connectivity index (χ1v) is 11.6. The lowest BCUT2D eigenvalue weighted by Crippen LogP contribution is -2.32. The standard InChI is InChI=1S/C25H33N3O2S/c1-19(2)25-27-22(18-31-25)14-26-13-20-9-11-24(12-10-20)30-17-23(29)16-28(3)15-21-7-5-4-6-8-21/h4-12,18-19,23,26,29H,13-17H2,1-3H3. The minimum Gasteiger partial charge on any atom is -0.491 e. The van der Waals surface area contributed by atoms with Gasteiger partial charge in [-0.15, -0.1) is 11.3 Å². The molecule has 1 aromatic heterocycles. The Morgan fingerprint density at radius 2 is 1.77 bits per heavy atom. The molecule has 0 aliphatic carbocycles. The van der Waals surface area contributed by atoms with Crippen LogP contribution in [0, 0.1) is 0 Å². The quantitative estimate of drug-likeness (QED) is 0.437. The third-order valence-corrected chi connectivity index (χ3v) is 6.08. The molecule has 31 heavy (non-hydrogen) atoms. The number of rotatable bonds is 12. The first kappa shape index (κ1) is 23.4. The van der Waals surface area contributed by atoms with Crippen LogP contribution >= 0.6 is 11.3 Å². The Labute approximate surface area is 189 Å². The normalized spacial score (nSPS) is 12.5. The van der Waals surface area contributed by atoms with E-state index in [-0.39, 0.29) is 6.61 Å². The molecule has 1 heterocycles. The minimum absolute atomic E-state index is 0.277. The van der Waals surface area contributed by atoms with Crippen molar-refractivity contribution in [2.45, 2.75) is 45.5 Å². The molecule has 5 nitrogen and oxygen atoms in total. The Kier molecular flexibility index (Phi) is 9.03. The maximum absolute atomic E-state index is 10.3. The number of nitrogens with zero attached hydrogens (tertiary/aromatic N) is 2. The summed E-state index contributed by atoms with van der Waals surface area (Å²) in [6.45, 7) is 7.53. The molecule has 2 N–H and O–H groups in total. The number of likely N-dealkylation sites (N-methyl/N-ethyl adjacent to an activating group) is 1. The number of ether oxygens (including phenoxy) is 1. The van der Waals surface area contributed by atoms with Crippen LogP contribution in [-0.4, -0.2) is 41.3 Å². The molecule has 0 radical (unpaired) electrons. The molecule has 0 amide bonds. The van der Waals surface area contributed by atoms with Gasteiger partial charge in [0.2, 0.25) is 0 Å². The van der Waals surface area contributed by atoms with Gasteiger partial charge in [0.25, 0.3) is 0 Å². The van der Waals surface area contributed by atoms with Gasteiger partial charge in [0, 0.05) is 37.5 Å². The molecule has 0 saturated heterocycles. The largest absolute Gasteiger partial charge is 0.491 e. The average molecular weight is 440 g/mol. The Balaban J connectivity index is 1.35. The molecule has 166 valence electrons. The predicted molar refractivity (Wildman–Crippen MR) is 127 cm³/mol. The zero-order chi connectivity index (χ0) is 22.1. The second-order valence-electron chi connectivity index (χ2n) is 8.23. The van der Waals surface area contributed by atoms with E-state index < -0.39 is 6.10 Å². The minimum atomic E-state index is -0.538. The SMILES string of the molecule is CC(C)c1nc(CNCc2ccc(OCC(O)CN(C)Cc3ccccc3)cc2)cs1. The van der Waals surface area contributed by atoms with Crippen molar-refractivity contribution in [2.24, 2.45) is 0 Å². The average Bonchev–Trinajstić information content (AvgIpc) is 3.23. The summed E-state index contributed by atoms with van der Waals surface area (Å²) < 4.78 is 5.77. The molecule has 0 spiro atoms. The second kappa shape index (κ2) is 12.0. The van der Waals surface area contributed by atoms with Crippen LogP contribution < -0.4 is 10.1 Å². The van der Waals surface area contributed by atoms with E-state index in [4.69, 9.17) is 4.74 Å². The van der Waals surface area contributed by atoms with Crippen LogP contribution in [0.5, 0.6) is 5.75 Å². The number of hydrogen-bond donors (Lipinski definition) is 2. The van der Waals surface area contributed by atoms with Crippen LogP contribution in [0.1, 0.15) is 41.6 Å². The summed E-state index contributed by atoms with van der Waals surface area (Å²) in [5, 5.41) is 17.0. The maximum atomic E-state index is 10.3. The van der Waals surface area contributed by atoms with Crippen LogP contribution in [0.25, 0.3) is 0 Å². The van der Waals surface area contributed by atoms with Crippen molar-refractivity contribution in [1.82, 2.24) is 15.2 Å². The first-order chi connectivity index (χ1) is 15.0. The number of aromatic nitrogens is 1. The van der Waals surface area contributed by atoms with Gasteiger partial charge in [0.05, 0.1) is 10.7 Å². The van der Waals surface area contributed by atoms with Gasteiger partial charge in [-0.3, -0.25) is 4.90 Å². The number of aliphatic hydroxyl groups is 1. The Morgan fingerprint density at radius 3 is 2.45 bits per heavy atom. The van der Waals surface area contributed by atoms with E-state index in [0.717, 1.165) is 31.1 Å². The van der Waals surface area contributed by atoms with E-state index in [1.54, 1.807) is 11.3 Å². The third kappa shape index (κ3) is 8.07. The first-order valence-electron chi connectivity index (χ1n) is 10.8. The fourth-order valence-electron chi connectivity index (χ4n) is 3.27. The monoisotopic (exact) mass is 439 g/mol. The molecule has 1 unspecified atom stereocenters. The van der Waals surface area contributed by atoms with Crippen molar-refractivity contribution in [3.63, 3.8) is 0 Å². The molecule has 0 fully saturated rings. The number of aliphatic hydroxyl groups excluding tert-OH is 1. The van der Waals surface area contributed by atoms with Gasteiger partial charge in [-0.25, -0.2) is 4.98 Å². The lowest BCUT2D eigenvalue weighted by atomic mass is 10.2. The summed E-state index contributed by atoms with van der Waals surface area (Å²) in [5.74, 6) is 1.25. The summed E-state index contributed by atoms with van der Waals surface area (Å²) in [6, 6.07) is 18.3. The Bertz CT molecular complexity index is 897.